The standard InChI is InChI=1S/C18H20N4O3/c1-12(2)20-16(23)11-21-10-8-19-15(21)7-9-22-17(24)13-5-3-4-6-14(13)18(22)25/h3-6,8,10,12H,7,9,11H2,1-2H3,(H,20,23). The van der Waals surface area contributed by atoms with Crippen LogP contribution >= 0.6 is 0 Å². The van der Waals surface area contributed by atoms with E-state index in [0.717, 1.165) is 0 Å². The van der Waals surface area contributed by atoms with Gasteiger partial charge in [-0.2, -0.15) is 0 Å². The topological polar surface area (TPSA) is 84.3 Å². The van der Waals surface area contributed by atoms with E-state index in [1.807, 2.05) is 13.8 Å². The molecule has 0 atom stereocenters. The third-order valence-corrected chi connectivity index (χ3v) is 4.00. The molecule has 1 aliphatic rings. The van der Waals surface area contributed by atoms with Gasteiger partial charge in [0.15, 0.2) is 0 Å². The predicted molar refractivity (Wildman–Crippen MR) is 91.0 cm³/mol. The number of nitrogens with zero attached hydrogens (tertiary/aromatic N) is 3. The maximum atomic E-state index is 12.4. The molecule has 2 heterocycles. The molecule has 0 saturated heterocycles. The zero-order chi connectivity index (χ0) is 18.0. The highest BCUT2D eigenvalue weighted by molar-refractivity contribution is 6.21. The molecule has 0 bridgehead atoms. The number of nitrogens with one attached hydrogen (secondary N) is 1. The van der Waals surface area contributed by atoms with Crippen LogP contribution in [0.25, 0.3) is 0 Å². The van der Waals surface area contributed by atoms with Gasteiger partial charge in [-0.3, -0.25) is 19.3 Å². The summed E-state index contributed by atoms with van der Waals surface area (Å²) >= 11 is 0. The van der Waals surface area contributed by atoms with Crippen molar-refractivity contribution in [2.75, 3.05) is 6.54 Å². The normalized spacial score (nSPS) is 13.5. The quantitative estimate of drug-likeness (QED) is 0.802. The Balaban J connectivity index is 1.66. The first-order valence-corrected chi connectivity index (χ1v) is 8.22. The molecule has 1 aromatic carbocycles. The molecule has 7 nitrogen and oxygen atoms in total. The number of benzene rings is 1. The highest BCUT2D eigenvalue weighted by Crippen LogP contribution is 2.22. The molecule has 0 saturated carbocycles. The van der Waals surface area contributed by atoms with Crippen molar-refractivity contribution in [2.45, 2.75) is 32.9 Å². The molecule has 3 amide bonds. The Hall–Kier alpha value is -2.96. The number of fused-ring (bicyclic) bond motifs is 1. The maximum absolute atomic E-state index is 12.4. The molecule has 7 heteroatoms. The summed E-state index contributed by atoms with van der Waals surface area (Å²) in [6, 6.07) is 6.87. The Morgan fingerprint density at radius 3 is 2.40 bits per heavy atom. The molecule has 0 unspecified atom stereocenters. The first-order valence-electron chi connectivity index (χ1n) is 8.22. The van der Waals surface area contributed by atoms with Crippen LogP contribution in [-0.2, 0) is 17.8 Å². The molecule has 1 N–H and O–H groups in total. The number of rotatable bonds is 6. The fourth-order valence-electron chi connectivity index (χ4n) is 2.89. The summed E-state index contributed by atoms with van der Waals surface area (Å²) in [5, 5.41) is 2.83. The molecule has 25 heavy (non-hydrogen) atoms. The van der Waals surface area contributed by atoms with E-state index >= 15 is 0 Å². The van der Waals surface area contributed by atoms with Gasteiger partial charge >= 0.3 is 0 Å². The molecule has 0 radical (unpaired) electrons. The van der Waals surface area contributed by atoms with E-state index in [1.54, 1.807) is 41.2 Å². The Morgan fingerprint density at radius 2 is 1.80 bits per heavy atom. The van der Waals surface area contributed by atoms with E-state index in [2.05, 4.69) is 10.3 Å². The average Bonchev–Trinajstić information content (AvgIpc) is 3.09. The van der Waals surface area contributed by atoms with Gasteiger partial charge in [0.25, 0.3) is 11.8 Å². The molecular weight excluding hydrogens is 320 g/mol. The van der Waals surface area contributed by atoms with Crippen LogP contribution in [0.3, 0.4) is 0 Å². The minimum absolute atomic E-state index is 0.0674. The van der Waals surface area contributed by atoms with Crippen molar-refractivity contribution in [3.05, 3.63) is 53.6 Å². The van der Waals surface area contributed by atoms with Crippen molar-refractivity contribution in [2.24, 2.45) is 0 Å². The smallest absolute Gasteiger partial charge is 0.261 e. The lowest BCUT2D eigenvalue weighted by atomic mass is 10.1. The summed E-state index contributed by atoms with van der Waals surface area (Å²) in [5.74, 6) is -0.00189. The van der Waals surface area contributed by atoms with Crippen LogP contribution in [0, 0.1) is 0 Å². The molecule has 3 rings (SSSR count). The molecular formula is C18H20N4O3. The number of aromatic nitrogens is 2. The SMILES string of the molecule is CC(C)NC(=O)Cn1ccnc1CCN1C(=O)c2ccccc2C1=O. The van der Waals surface area contributed by atoms with E-state index in [4.69, 9.17) is 0 Å². The van der Waals surface area contributed by atoms with E-state index in [9.17, 15) is 14.4 Å². The number of carbonyl (C=O) groups is 3. The number of hydrogen-bond acceptors (Lipinski definition) is 4. The lowest BCUT2D eigenvalue weighted by Crippen LogP contribution is -2.34. The summed E-state index contributed by atoms with van der Waals surface area (Å²) in [5.41, 5.74) is 0.874. The van der Waals surface area contributed by atoms with E-state index in [1.165, 1.54) is 4.90 Å². The number of carbonyl (C=O) groups excluding carboxylic acids is 3. The predicted octanol–water partition coefficient (Wildman–Crippen LogP) is 1.25. The first kappa shape index (κ1) is 16.9. The Morgan fingerprint density at radius 1 is 1.16 bits per heavy atom. The van der Waals surface area contributed by atoms with Crippen molar-refractivity contribution in [1.29, 1.82) is 0 Å². The fourth-order valence-corrected chi connectivity index (χ4v) is 2.89. The van der Waals surface area contributed by atoms with Crippen LogP contribution in [-0.4, -0.2) is 44.8 Å². The molecule has 1 aromatic heterocycles. The van der Waals surface area contributed by atoms with Gasteiger partial charge < -0.3 is 9.88 Å². The number of imide groups is 1. The molecule has 2 aromatic rings. The van der Waals surface area contributed by atoms with Gasteiger partial charge in [0.2, 0.25) is 5.91 Å². The summed E-state index contributed by atoms with van der Waals surface area (Å²) in [4.78, 5) is 42.1. The van der Waals surface area contributed by atoms with Crippen molar-refractivity contribution in [3.63, 3.8) is 0 Å². The van der Waals surface area contributed by atoms with Crippen molar-refractivity contribution in [3.8, 4) is 0 Å². The Kier molecular flexibility index (Phi) is 4.65. The van der Waals surface area contributed by atoms with Crippen LogP contribution in [0.1, 0.15) is 40.4 Å². The summed E-state index contributed by atoms with van der Waals surface area (Å²) < 4.78 is 1.73. The monoisotopic (exact) mass is 340 g/mol. The maximum Gasteiger partial charge on any atom is 0.261 e. The molecule has 0 spiro atoms. The van der Waals surface area contributed by atoms with Gasteiger partial charge in [-0.1, -0.05) is 12.1 Å². The lowest BCUT2D eigenvalue weighted by Gasteiger charge is -2.15. The molecule has 130 valence electrons. The van der Waals surface area contributed by atoms with Gasteiger partial charge in [-0.05, 0) is 26.0 Å². The minimum Gasteiger partial charge on any atom is -0.352 e. The average molecular weight is 340 g/mol. The largest absolute Gasteiger partial charge is 0.352 e. The molecule has 0 fully saturated rings. The third kappa shape index (κ3) is 3.45. The van der Waals surface area contributed by atoms with Crippen LogP contribution < -0.4 is 5.32 Å². The second-order valence-corrected chi connectivity index (χ2v) is 6.25. The van der Waals surface area contributed by atoms with Crippen LogP contribution in [0.2, 0.25) is 0 Å². The Labute approximate surface area is 145 Å². The molecule has 1 aliphatic heterocycles. The highest BCUT2D eigenvalue weighted by Gasteiger charge is 2.34. The van der Waals surface area contributed by atoms with Gasteiger partial charge in [0.1, 0.15) is 12.4 Å². The van der Waals surface area contributed by atoms with Crippen LogP contribution in [0.5, 0.6) is 0 Å². The zero-order valence-corrected chi connectivity index (χ0v) is 14.2. The van der Waals surface area contributed by atoms with Crippen molar-refractivity contribution in [1.82, 2.24) is 19.8 Å². The Bertz CT molecular complexity index is 790. The van der Waals surface area contributed by atoms with Gasteiger partial charge in [0, 0.05) is 31.4 Å². The lowest BCUT2D eigenvalue weighted by molar-refractivity contribution is -0.122. The number of amides is 3. The van der Waals surface area contributed by atoms with Gasteiger partial charge in [-0.25, -0.2) is 4.98 Å². The summed E-state index contributed by atoms with van der Waals surface area (Å²) in [7, 11) is 0. The number of hydrogen-bond donors (Lipinski definition) is 1. The zero-order valence-electron chi connectivity index (χ0n) is 14.2. The number of imidazole rings is 1. The minimum atomic E-state index is -0.281. The van der Waals surface area contributed by atoms with Crippen molar-refractivity contribution < 1.29 is 14.4 Å². The second kappa shape index (κ2) is 6.88. The van der Waals surface area contributed by atoms with Crippen LogP contribution in [0.4, 0.5) is 0 Å². The highest BCUT2D eigenvalue weighted by atomic mass is 16.2. The third-order valence-electron chi connectivity index (χ3n) is 4.00. The summed E-state index contributed by atoms with van der Waals surface area (Å²) in [6.07, 6.45) is 3.73. The van der Waals surface area contributed by atoms with E-state index < -0.39 is 0 Å². The fraction of sp³-hybridized carbons (Fsp3) is 0.333. The van der Waals surface area contributed by atoms with E-state index in [0.29, 0.717) is 23.4 Å². The van der Waals surface area contributed by atoms with Gasteiger partial charge in [-0.15, -0.1) is 0 Å². The van der Waals surface area contributed by atoms with Crippen LogP contribution in [0.15, 0.2) is 36.7 Å². The van der Waals surface area contributed by atoms with E-state index in [-0.39, 0.29) is 36.9 Å². The van der Waals surface area contributed by atoms with Gasteiger partial charge in [0.05, 0.1) is 11.1 Å². The van der Waals surface area contributed by atoms with Crippen molar-refractivity contribution >= 4 is 17.7 Å². The molecule has 0 aliphatic carbocycles. The first-order chi connectivity index (χ1) is 12.0. The summed E-state index contributed by atoms with van der Waals surface area (Å²) in [6.45, 7) is 4.19. The second-order valence-electron chi connectivity index (χ2n) is 6.25.